The van der Waals surface area contributed by atoms with Gasteiger partial charge in [-0.2, -0.15) is 5.26 Å². The van der Waals surface area contributed by atoms with Gasteiger partial charge in [0.05, 0.1) is 12.1 Å². The van der Waals surface area contributed by atoms with Crippen molar-refractivity contribution in [2.75, 3.05) is 19.6 Å². The van der Waals surface area contributed by atoms with E-state index in [9.17, 15) is 0 Å². The third-order valence-corrected chi connectivity index (χ3v) is 3.33. The molecule has 0 bridgehead atoms. The highest BCUT2D eigenvalue weighted by molar-refractivity contribution is 4.87. The average molecular weight is 209 g/mol. The van der Waals surface area contributed by atoms with E-state index >= 15 is 0 Å². The van der Waals surface area contributed by atoms with Crippen LogP contribution in [0.25, 0.3) is 0 Å². The van der Waals surface area contributed by atoms with Gasteiger partial charge in [-0.1, -0.05) is 19.8 Å². The summed E-state index contributed by atoms with van der Waals surface area (Å²) in [5.41, 5.74) is 5.58. The Labute approximate surface area is 93.2 Å². The van der Waals surface area contributed by atoms with Crippen LogP contribution in [0.4, 0.5) is 0 Å². The number of nitrogens with zero attached hydrogens (tertiary/aromatic N) is 2. The van der Waals surface area contributed by atoms with Gasteiger partial charge >= 0.3 is 0 Å². The van der Waals surface area contributed by atoms with Crippen LogP contribution >= 0.6 is 0 Å². The highest BCUT2D eigenvalue weighted by Crippen LogP contribution is 2.21. The minimum Gasteiger partial charge on any atom is -0.316 e. The molecule has 0 saturated carbocycles. The van der Waals surface area contributed by atoms with Crippen molar-refractivity contribution in [3.8, 4) is 6.07 Å². The van der Waals surface area contributed by atoms with Crippen LogP contribution in [0.1, 0.15) is 39.0 Å². The van der Waals surface area contributed by atoms with Crippen molar-refractivity contribution < 1.29 is 0 Å². The van der Waals surface area contributed by atoms with Gasteiger partial charge in [0.25, 0.3) is 0 Å². The Bertz CT molecular complexity index is 201. The lowest BCUT2D eigenvalue weighted by molar-refractivity contribution is 0.176. The maximum absolute atomic E-state index is 8.58. The van der Waals surface area contributed by atoms with Gasteiger partial charge in [-0.05, 0) is 38.3 Å². The molecule has 1 fully saturated rings. The van der Waals surface area contributed by atoms with Gasteiger partial charge < -0.3 is 10.6 Å². The van der Waals surface area contributed by atoms with Crippen LogP contribution in [0, 0.1) is 17.2 Å². The molecule has 0 amide bonds. The number of piperidine rings is 1. The molecule has 1 saturated heterocycles. The summed E-state index contributed by atoms with van der Waals surface area (Å²) >= 11 is 0. The summed E-state index contributed by atoms with van der Waals surface area (Å²) in [5.74, 6) is 0.941. The van der Waals surface area contributed by atoms with E-state index in [1.165, 1.54) is 38.8 Å². The first-order valence-corrected chi connectivity index (χ1v) is 6.13. The summed E-state index contributed by atoms with van der Waals surface area (Å²) in [4.78, 5) is 2.45. The minimum atomic E-state index is -0.279. The number of likely N-dealkylation sites (tertiary alicyclic amines) is 1. The Balaban J connectivity index is 2.12. The lowest BCUT2D eigenvalue weighted by atomic mass is 9.92. The fraction of sp³-hybridized carbons (Fsp3) is 0.917. The van der Waals surface area contributed by atoms with Crippen molar-refractivity contribution >= 4 is 0 Å². The van der Waals surface area contributed by atoms with Crippen LogP contribution in [-0.2, 0) is 0 Å². The van der Waals surface area contributed by atoms with E-state index in [2.05, 4.69) is 17.9 Å². The molecule has 0 aliphatic carbocycles. The second kappa shape index (κ2) is 6.81. The molecule has 1 heterocycles. The molecule has 0 aromatic rings. The van der Waals surface area contributed by atoms with Gasteiger partial charge in [0.1, 0.15) is 0 Å². The summed E-state index contributed by atoms with van der Waals surface area (Å²) in [5, 5.41) is 8.58. The third-order valence-electron chi connectivity index (χ3n) is 3.33. The van der Waals surface area contributed by atoms with Crippen LogP contribution in [0.3, 0.4) is 0 Å². The van der Waals surface area contributed by atoms with E-state index in [0.29, 0.717) is 0 Å². The SMILES string of the molecule is CCCC1CCN(CCC(N)C#N)CC1. The van der Waals surface area contributed by atoms with E-state index in [4.69, 9.17) is 11.0 Å². The van der Waals surface area contributed by atoms with Crippen molar-refractivity contribution in [3.05, 3.63) is 0 Å². The van der Waals surface area contributed by atoms with E-state index in [0.717, 1.165) is 18.9 Å². The van der Waals surface area contributed by atoms with Crippen LogP contribution in [-0.4, -0.2) is 30.6 Å². The summed E-state index contributed by atoms with van der Waals surface area (Å²) in [6.07, 6.45) is 6.16. The molecule has 1 rings (SSSR count). The van der Waals surface area contributed by atoms with Crippen molar-refractivity contribution in [1.82, 2.24) is 4.90 Å². The molecule has 1 unspecified atom stereocenters. The van der Waals surface area contributed by atoms with Crippen LogP contribution in [0.15, 0.2) is 0 Å². The average Bonchev–Trinajstić information content (AvgIpc) is 2.28. The number of hydrogen-bond acceptors (Lipinski definition) is 3. The Kier molecular flexibility index (Phi) is 5.67. The first-order valence-electron chi connectivity index (χ1n) is 6.13. The number of nitrogens with two attached hydrogens (primary N) is 1. The monoisotopic (exact) mass is 209 g/mol. The van der Waals surface area contributed by atoms with E-state index < -0.39 is 0 Å². The van der Waals surface area contributed by atoms with E-state index in [1.54, 1.807) is 0 Å². The van der Waals surface area contributed by atoms with Gasteiger partial charge in [-0.15, -0.1) is 0 Å². The Morgan fingerprint density at radius 2 is 2.13 bits per heavy atom. The Morgan fingerprint density at radius 3 is 2.67 bits per heavy atom. The number of rotatable bonds is 5. The third kappa shape index (κ3) is 4.63. The zero-order chi connectivity index (χ0) is 11.1. The standard InChI is InChI=1S/C12H23N3/c1-2-3-11-4-7-15(8-5-11)9-6-12(14)10-13/h11-12H,2-9,14H2,1H3. The smallest absolute Gasteiger partial charge is 0.0940 e. The summed E-state index contributed by atoms with van der Waals surface area (Å²) in [6, 6.07) is 1.81. The molecule has 0 aromatic heterocycles. The van der Waals surface area contributed by atoms with Crippen molar-refractivity contribution in [3.63, 3.8) is 0 Å². The van der Waals surface area contributed by atoms with Gasteiger partial charge in [0.15, 0.2) is 0 Å². The van der Waals surface area contributed by atoms with Crippen molar-refractivity contribution in [2.45, 2.75) is 45.1 Å². The van der Waals surface area contributed by atoms with E-state index in [1.807, 2.05) is 0 Å². The summed E-state index contributed by atoms with van der Waals surface area (Å²) < 4.78 is 0. The minimum absolute atomic E-state index is 0.279. The Morgan fingerprint density at radius 1 is 1.47 bits per heavy atom. The van der Waals surface area contributed by atoms with E-state index in [-0.39, 0.29) is 6.04 Å². The number of hydrogen-bond donors (Lipinski definition) is 1. The van der Waals surface area contributed by atoms with Crippen molar-refractivity contribution in [1.29, 1.82) is 5.26 Å². The molecule has 3 heteroatoms. The summed E-state index contributed by atoms with van der Waals surface area (Å²) in [7, 11) is 0. The molecule has 0 aromatic carbocycles. The molecule has 1 atom stereocenters. The van der Waals surface area contributed by atoms with Gasteiger partial charge in [0.2, 0.25) is 0 Å². The lowest BCUT2D eigenvalue weighted by Gasteiger charge is -2.31. The highest BCUT2D eigenvalue weighted by atomic mass is 15.1. The molecule has 15 heavy (non-hydrogen) atoms. The first kappa shape index (κ1) is 12.5. The fourth-order valence-corrected chi connectivity index (χ4v) is 2.29. The predicted molar refractivity (Wildman–Crippen MR) is 62.3 cm³/mol. The molecule has 0 spiro atoms. The van der Waals surface area contributed by atoms with Crippen molar-refractivity contribution in [2.24, 2.45) is 11.7 Å². The first-order chi connectivity index (χ1) is 7.26. The van der Waals surface area contributed by atoms with Crippen LogP contribution in [0.2, 0.25) is 0 Å². The molecular weight excluding hydrogens is 186 g/mol. The molecule has 1 aliphatic heterocycles. The normalized spacial score (nSPS) is 21.1. The Hall–Kier alpha value is -0.590. The lowest BCUT2D eigenvalue weighted by Crippen LogP contribution is -2.36. The van der Waals surface area contributed by atoms with Gasteiger partial charge in [0, 0.05) is 6.54 Å². The highest BCUT2D eigenvalue weighted by Gasteiger charge is 2.18. The molecule has 3 nitrogen and oxygen atoms in total. The second-order valence-electron chi connectivity index (χ2n) is 4.60. The second-order valence-corrected chi connectivity index (χ2v) is 4.60. The quantitative estimate of drug-likeness (QED) is 0.750. The molecular formula is C12H23N3. The maximum Gasteiger partial charge on any atom is 0.0940 e. The fourth-order valence-electron chi connectivity index (χ4n) is 2.29. The predicted octanol–water partition coefficient (Wildman–Crippen LogP) is 1.74. The zero-order valence-electron chi connectivity index (χ0n) is 9.78. The van der Waals surface area contributed by atoms with Gasteiger partial charge in [-0.25, -0.2) is 0 Å². The molecule has 86 valence electrons. The topological polar surface area (TPSA) is 53.0 Å². The van der Waals surface area contributed by atoms with Gasteiger partial charge in [-0.3, -0.25) is 0 Å². The van der Waals surface area contributed by atoms with Crippen LogP contribution < -0.4 is 5.73 Å². The zero-order valence-corrected chi connectivity index (χ0v) is 9.78. The molecule has 0 radical (unpaired) electrons. The number of nitriles is 1. The molecule has 1 aliphatic rings. The largest absolute Gasteiger partial charge is 0.316 e. The summed E-state index contributed by atoms with van der Waals surface area (Å²) in [6.45, 7) is 5.65. The van der Waals surface area contributed by atoms with Crippen LogP contribution in [0.5, 0.6) is 0 Å². The molecule has 2 N–H and O–H groups in total. The maximum atomic E-state index is 8.58.